The maximum atomic E-state index is 11.6. The van der Waals surface area contributed by atoms with Crippen LogP contribution in [0.4, 0.5) is 0 Å². The van der Waals surface area contributed by atoms with Gasteiger partial charge in [-0.1, -0.05) is 0 Å². The molecule has 0 aromatic carbocycles. The largest absolute Gasteiger partial charge is 0.376 e. The third-order valence-electron chi connectivity index (χ3n) is 3.02. The van der Waals surface area contributed by atoms with Crippen LogP contribution in [0.25, 0.3) is 0 Å². The summed E-state index contributed by atoms with van der Waals surface area (Å²) in [5.41, 5.74) is 2.26. The van der Waals surface area contributed by atoms with Crippen molar-refractivity contribution in [2.75, 3.05) is 13.2 Å². The molecule has 1 aromatic rings. The van der Waals surface area contributed by atoms with Gasteiger partial charge in [0.05, 0.1) is 31.2 Å². The second-order valence-corrected chi connectivity index (χ2v) is 6.95. The third kappa shape index (κ3) is 2.90. The van der Waals surface area contributed by atoms with Crippen LogP contribution >= 0.6 is 0 Å². The molecular weight excluding hydrogens is 254 g/mol. The molecule has 0 saturated carbocycles. The molecule has 0 bridgehead atoms. The molecule has 2 rings (SSSR count). The van der Waals surface area contributed by atoms with E-state index >= 15 is 0 Å². The molecule has 0 amide bonds. The Morgan fingerprint density at radius 3 is 3.06 bits per heavy atom. The lowest BCUT2D eigenvalue weighted by Crippen LogP contribution is -2.33. The highest BCUT2D eigenvalue weighted by molar-refractivity contribution is 7.90. The molecule has 2 heterocycles. The van der Waals surface area contributed by atoms with Crippen LogP contribution in [0.1, 0.15) is 25.1 Å². The first-order valence-electron chi connectivity index (χ1n) is 6.10. The zero-order valence-electron chi connectivity index (χ0n) is 10.7. The zero-order valence-corrected chi connectivity index (χ0v) is 11.5. The van der Waals surface area contributed by atoms with Crippen LogP contribution in [0.3, 0.4) is 0 Å². The van der Waals surface area contributed by atoms with Crippen LogP contribution in [0.5, 0.6) is 0 Å². The van der Waals surface area contributed by atoms with Gasteiger partial charge in [-0.3, -0.25) is 4.68 Å². The highest BCUT2D eigenvalue weighted by Gasteiger charge is 2.17. The number of fused-ring (bicyclic) bond motifs is 1. The standard InChI is InChI=1S/C11H19N3O3S/c1-9(2)18(15,16)13-4-5-14-11-3-6-17-8-10(11)7-12-14/h7,9,13H,3-6,8H2,1-2H3. The summed E-state index contributed by atoms with van der Waals surface area (Å²) in [6.45, 7) is 5.56. The van der Waals surface area contributed by atoms with Gasteiger partial charge in [-0.05, 0) is 13.8 Å². The topological polar surface area (TPSA) is 73.2 Å². The lowest BCUT2D eigenvalue weighted by molar-refractivity contribution is 0.109. The molecule has 7 heteroatoms. The molecule has 6 nitrogen and oxygen atoms in total. The van der Waals surface area contributed by atoms with Gasteiger partial charge in [-0.25, -0.2) is 13.1 Å². The number of rotatable bonds is 5. The van der Waals surface area contributed by atoms with Gasteiger partial charge in [0.2, 0.25) is 10.0 Å². The molecule has 1 aliphatic rings. The predicted molar refractivity (Wildman–Crippen MR) is 67.6 cm³/mol. The van der Waals surface area contributed by atoms with E-state index in [0.717, 1.165) is 17.7 Å². The summed E-state index contributed by atoms with van der Waals surface area (Å²) >= 11 is 0. The van der Waals surface area contributed by atoms with E-state index in [-0.39, 0.29) is 0 Å². The minimum Gasteiger partial charge on any atom is -0.376 e. The Bertz CT molecular complexity index is 508. The van der Waals surface area contributed by atoms with E-state index in [1.807, 2.05) is 4.68 Å². The first-order chi connectivity index (χ1) is 8.50. The van der Waals surface area contributed by atoms with E-state index in [9.17, 15) is 8.42 Å². The lowest BCUT2D eigenvalue weighted by Gasteiger charge is -2.15. The fourth-order valence-electron chi connectivity index (χ4n) is 1.86. The molecule has 1 N–H and O–H groups in total. The lowest BCUT2D eigenvalue weighted by atomic mass is 10.2. The number of sulfonamides is 1. The van der Waals surface area contributed by atoms with Gasteiger partial charge >= 0.3 is 0 Å². The Kier molecular flexibility index (Phi) is 4.04. The van der Waals surface area contributed by atoms with Crippen LogP contribution in [0.2, 0.25) is 0 Å². The fraction of sp³-hybridized carbons (Fsp3) is 0.727. The van der Waals surface area contributed by atoms with Crippen LogP contribution in [-0.2, 0) is 34.3 Å². The third-order valence-corrected chi connectivity index (χ3v) is 4.87. The van der Waals surface area contributed by atoms with Crippen molar-refractivity contribution >= 4 is 10.0 Å². The highest BCUT2D eigenvalue weighted by Crippen LogP contribution is 2.15. The molecule has 0 fully saturated rings. The number of ether oxygens (including phenoxy) is 1. The number of nitrogens with one attached hydrogen (secondary N) is 1. The summed E-state index contributed by atoms with van der Waals surface area (Å²) in [5, 5.41) is 3.86. The molecule has 0 atom stereocenters. The Hall–Kier alpha value is -0.920. The van der Waals surface area contributed by atoms with Crippen molar-refractivity contribution in [2.24, 2.45) is 0 Å². The van der Waals surface area contributed by atoms with E-state index in [2.05, 4.69) is 9.82 Å². The normalized spacial score (nSPS) is 15.9. The zero-order chi connectivity index (χ0) is 13.2. The van der Waals surface area contributed by atoms with Gasteiger partial charge < -0.3 is 4.74 Å². The van der Waals surface area contributed by atoms with Crippen LogP contribution < -0.4 is 4.72 Å². The Balaban J connectivity index is 1.93. The maximum Gasteiger partial charge on any atom is 0.213 e. The SMILES string of the molecule is CC(C)S(=O)(=O)NCCn1ncc2c1CCOC2. The quantitative estimate of drug-likeness (QED) is 0.836. The van der Waals surface area contributed by atoms with E-state index in [1.165, 1.54) is 0 Å². The van der Waals surface area contributed by atoms with Crippen molar-refractivity contribution in [1.29, 1.82) is 0 Å². The average molecular weight is 273 g/mol. The first kappa shape index (κ1) is 13.5. The molecule has 1 aliphatic heterocycles. The van der Waals surface area contributed by atoms with Crippen molar-refractivity contribution in [3.8, 4) is 0 Å². The Morgan fingerprint density at radius 2 is 2.33 bits per heavy atom. The molecule has 102 valence electrons. The predicted octanol–water partition coefficient (Wildman–Crippen LogP) is 0.284. The summed E-state index contributed by atoms with van der Waals surface area (Å²) < 4.78 is 33.0. The van der Waals surface area contributed by atoms with Gasteiger partial charge in [0.15, 0.2) is 0 Å². The number of hydrogen-bond acceptors (Lipinski definition) is 4. The molecule has 0 radical (unpaired) electrons. The van der Waals surface area contributed by atoms with E-state index in [0.29, 0.717) is 26.3 Å². The van der Waals surface area contributed by atoms with Crippen molar-refractivity contribution in [1.82, 2.24) is 14.5 Å². The second-order valence-electron chi connectivity index (χ2n) is 4.63. The molecule has 0 saturated heterocycles. The molecule has 1 aromatic heterocycles. The summed E-state index contributed by atoms with van der Waals surface area (Å²) in [5.74, 6) is 0. The summed E-state index contributed by atoms with van der Waals surface area (Å²) in [6, 6.07) is 0. The Morgan fingerprint density at radius 1 is 1.56 bits per heavy atom. The highest BCUT2D eigenvalue weighted by atomic mass is 32.2. The average Bonchev–Trinajstić information content (AvgIpc) is 2.72. The fourth-order valence-corrected chi connectivity index (χ4v) is 2.57. The summed E-state index contributed by atoms with van der Waals surface area (Å²) in [7, 11) is -3.19. The minimum atomic E-state index is -3.19. The van der Waals surface area contributed by atoms with Crippen molar-refractivity contribution in [2.45, 2.75) is 38.7 Å². The molecule has 0 spiro atoms. The molecule has 0 unspecified atom stereocenters. The van der Waals surface area contributed by atoms with E-state index < -0.39 is 15.3 Å². The van der Waals surface area contributed by atoms with E-state index in [4.69, 9.17) is 4.74 Å². The van der Waals surface area contributed by atoms with Crippen molar-refractivity contribution in [3.63, 3.8) is 0 Å². The van der Waals surface area contributed by atoms with Crippen LogP contribution in [0.15, 0.2) is 6.20 Å². The molecular formula is C11H19N3O3S. The maximum absolute atomic E-state index is 11.6. The van der Waals surface area contributed by atoms with Gasteiger partial charge in [0.25, 0.3) is 0 Å². The number of aromatic nitrogens is 2. The van der Waals surface area contributed by atoms with E-state index in [1.54, 1.807) is 20.0 Å². The molecule has 0 aliphatic carbocycles. The second kappa shape index (κ2) is 5.38. The number of hydrogen-bond donors (Lipinski definition) is 1. The van der Waals surface area contributed by atoms with Gasteiger partial charge in [-0.2, -0.15) is 5.10 Å². The van der Waals surface area contributed by atoms with Crippen LogP contribution in [-0.4, -0.2) is 36.6 Å². The van der Waals surface area contributed by atoms with Gasteiger partial charge in [0.1, 0.15) is 0 Å². The minimum absolute atomic E-state index is 0.371. The Labute approximate surface area is 107 Å². The smallest absolute Gasteiger partial charge is 0.213 e. The number of nitrogens with zero attached hydrogens (tertiary/aromatic N) is 2. The molecule has 18 heavy (non-hydrogen) atoms. The van der Waals surface area contributed by atoms with Gasteiger partial charge in [-0.15, -0.1) is 0 Å². The first-order valence-corrected chi connectivity index (χ1v) is 7.65. The summed E-state index contributed by atoms with van der Waals surface area (Å²) in [6.07, 6.45) is 2.64. The van der Waals surface area contributed by atoms with Crippen molar-refractivity contribution in [3.05, 3.63) is 17.5 Å². The van der Waals surface area contributed by atoms with Crippen molar-refractivity contribution < 1.29 is 13.2 Å². The van der Waals surface area contributed by atoms with Crippen LogP contribution in [0, 0.1) is 0 Å². The summed E-state index contributed by atoms with van der Waals surface area (Å²) in [4.78, 5) is 0. The monoisotopic (exact) mass is 273 g/mol. The van der Waals surface area contributed by atoms with Gasteiger partial charge in [0, 0.05) is 24.2 Å².